The number of amides is 1. The van der Waals surface area contributed by atoms with E-state index in [0.29, 0.717) is 43.9 Å². The van der Waals surface area contributed by atoms with Crippen LogP contribution < -0.4 is 10.6 Å². The number of carbonyl (C=O) groups excluding carboxylic acids is 1. The molecule has 1 aromatic carbocycles. The lowest BCUT2D eigenvalue weighted by atomic mass is 9.95. The molecule has 2 aliphatic rings. The summed E-state index contributed by atoms with van der Waals surface area (Å²) in [6.45, 7) is 5.59. The average Bonchev–Trinajstić information content (AvgIpc) is 2.90. The van der Waals surface area contributed by atoms with Crippen LogP contribution in [0.5, 0.6) is 0 Å². The minimum atomic E-state index is -3.59. The predicted octanol–water partition coefficient (Wildman–Crippen LogP) is 0.573. The summed E-state index contributed by atoms with van der Waals surface area (Å²) < 4.78 is 28.3. The summed E-state index contributed by atoms with van der Waals surface area (Å²) in [7, 11) is -3.59. The van der Waals surface area contributed by atoms with E-state index in [2.05, 4.69) is 15.0 Å². The smallest absolute Gasteiger partial charge is 0.285 e. The van der Waals surface area contributed by atoms with E-state index in [1.165, 1.54) is 0 Å². The Labute approximate surface area is 148 Å². The third kappa shape index (κ3) is 3.85. The Balaban J connectivity index is 1.59. The van der Waals surface area contributed by atoms with Crippen LogP contribution in [0.15, 0.2) is 33.6 Å². The standard InChI is InChI=1S/C17H24N4O3S/c1-2-18-9-10-19-17(22)13-7-11-21(12-8-13)16-14-5-3-4-6-15(14)25(23,24)20-16/h3-6,13,18H,2,7-12H2,1H3,(H,19,22). The van der Waals surface area contributed by atoms with E-state index in [4.69, 9.17) is 0 Å². The van der Waals surface area contributed by atoms with Gasteiger partial charge in [0, 0.05) is 37.7 Å². The number of likely N-dealkylation sites (N-methyl/N-ethyl adjacent to an activating group) is 1. The van der Waals surface area contributed by atoms with E-state index in [1.54, 1.807) is 18.2 Å². The number of likely N-dealkylation sites (tertiary alicyclic amines) is 1. The summed E-state index contributed by atoms with van der Waals surface area (Å²) in [5.41, 5.74) is 0.663. The van der Waals surface area contributed by atoms with Crippen molar-refractivity contribution in [3.63, 3.8) is 0 Å². The van der Waals surface area contributed by atoms with E-state index in [0.717, 1.165) is 13.1 Å². The van der Waals surface area contributed by atoms with Crippen LogP contribution in [0.1, 0.15) is 25.3 Å². The molecule has 1 aromatic rings. The molecule has 1 amide bonds. The van der Waals surface area contributed by atoms with Gasteiger partial charge >= 0.3 is 0 Å². The second-order valence-corrected chi connectivity index (χ2v) is 7.86. The molecule has 7 nitrogen and oxygen atoms in total. The van der Waals surface area contributed by atoms with Crippen LogP contribution in [-0.4, -0.2) is 57.8 Å². The number of rotatable bonds is 5. The maximum atomic E-state index is 12.2. The SMILES string of the molecule is CCNCCNC(=O)C1CCN(C2=NS(=O)(=O)c3ccccc32)CC1. The fourth-order valence-electron chi connectivity index (χ4n) is 3.27. The van der Waals surface area contributed by atoms with Crippen molar-refractivity contribution in [1.29, 1.82) is 0 Å². The number of nitrogens with one attached hydrogen (secondary N) is 2. The third-order valence-corrected chi connectivity index (χ3v) is 5.95. The molecule has 0 radical (unpaired) electrons. The summed E-state index contributed by atoms with van der Waals surface area (Å²) in [5.74, 6) is 0.576. The molecular weight excluding hydrogens is 340 g/mol. The zero-order chi connectivity index (χ0) is 17.9. The third-order valence-electron chi connectivity index (χ3n) is 4.63. The first-order valence-corrected chi connectivity index (χ1v) is 10.1. The number of nitrogens with zero attached hydrogens (tertiary/aromatic N) is 2. The van der Waals surface area contributed by atoms with E-state index in [-0.39, 0.29) is 16.7 Å². The number of amidine groups is 1. The van der Waals surface area contributed by atoms with Crippen LogP contribution in [0.25, 0.3) is 0 Å². The van der Waals surface area contributed by atoms with Crippen molar-refractivity contribution in [2.45, 2.75) is 24.7 Å². The number of sulfonamides is 1. The molecule has 1 fully saturated rings. The van der Waals surface area contributed by atoms with Crippen molar-refractivity contribution < 1.29 is 13.2 Å². The first kappa shape index (κ1) is 17.9. The Bertz CT molecular complexity index is 768. The van der Waals surface area contributed by atoms with Gasteiger partial charge < -0.3 is 15.5 Å². The van der Waals surface area contributed by atoms with Gasteiger partial charge in [-0.2, -0.15) is 8.42 Å². The predicted molar refractivity (Wildman–Crippen MR) is 96.0 cm³/mol. The number of hydrogen-bond acceptors (Lipinski definition) is 5. The zero-order valence-electron chi connectivity index (χ0n) is 14.4. The minimum Gasteiger partial charge on any atom is -0.355 e. The van der Waals surface area contributed by atoms with Gasteiger partial charge in [0.05, 0.1) is 0 Å². The van der Waals surface area contributed by atoms with Gasteiger partial charge in [-0.15, -0.1) is 4.40 Å². The fourth-order valence-corrected chi connectivity index (χ4v) is 4.49. The normalized spacial score (nSPS) is 19.4. The van der Waals surface area contributed by atoms with Gasteiger partial charge in [-0.1, -0.05) is 19.1 Å². The lowest BCUT2D eigenvalue weighted by Gasteiger charge is -2.32. The van der Waals surface area contributed by atoms with E-state index in [9.17, 15) is 13.2 Å². The molecule has 0 aliphatic carbocycles. The first-order valence-electron chi connectivity index (χ1n) is 8.70. The number of piperidine rings is 1. The van der Waals surface area contributed by atoms with Crippen LogP contribution in [-0.2, 0) is 14.8 Å². The number of hydrogen-bond donors (Lipinski definition) is 2. The maximum Gasteiger partial charge on any atom is 0.285 e. The Kier molecular flexibility index (Phi) is 5.39. The molecule has 136 valence electrons. The summed E-state index contributed by atoms with van der Waals surface area (Å²) >= 11 is 0. The van der Waals surface area contributed by atoms with Crippen molar-refractivity contribution in [3.8, 4) is 0 Å². The molecule has 2 aliphatic heterocycles. The number of carbonyl (C=O) groups is 1. The Hall–Kier alpha value is -1.93. The van der Waals surface area contributed by atoms with Crippen LogP contribution in [0.2, 0.25) is 0 Å². The molecule has 0 bridgehead atoms. The second-order valence-electron chi connectivity index (χ2n) is 6.29. The average molecular weight is 364 g/mol. The highest BCUT2D eigenvalue weighted by molar-refractivity contribution is 7.90. The van der Waals surface area contributed by atoms with Crippen molar-refractivity contribution in [2.75, 3.05) is 32.7 Å². The van der Waals surface area contributed by atoms with Crippen LogP contribution in [0, 0.1) is 5.92 Å². The van der Waals surface area contributed by atoms with Crippen molar-refractivity contribution in [1.82, 2.24) is 15.5 Å². The van der Waals surface area contributed by atoms with Crippen molar-refractivity contribution >= 4 is 21.8 Å². The summed E-state index contributed by atoms with van der Waals surface area (Å²) in [5, 5.41) is 6.13. The van der Waals surface area contributed by atoms with Crippen LogP contribution >= 0.6 is 0 Å². The summed E-state index contributed by atoms with van der Waals surface area (Å²) in [6, 6.07) is 6.91. The quantitative estimate of drug-likeness (QED) is 0.746. The van der Waals surface area contributed by atoms with Crippen LogP contribution in [0.3, 0.4) is 0 Å². The van der Waals surface area contributed by atoms with Gasteiger partial charge in [0.1, 0.15) is 4.90 Å². The molecule has 0 unspecified atom stereocenters. The highest BCUT2D eigenvalue weighted by atomic mass is 32.2. The lowest BCUT2D eigenvalue weighted by molar-refractivity contribution is -0.126. The molecular formula is C17H24N4O3S. The summed E-state index contributed by atoms with van der Waals surface area (Å²) in [6.07, 6.45) is 1.41. The molecule has 3 rings (SSSR count). The van der Waals surface area contributed by atoms with Crippen molar-refractivity contribution in [3.05, 3.63) is 29.8 Å². The molecule has 2 heterocycles. The van der Waals surface area contributed by atoms with Crippen molar-refractivity contribution in [2.24, 2.45) is 10.3 Å². The number of fused-ring (bicyclic) bond motifs is 1. The van der Waals surface area contributed by atoms with E-state index in [1.807, 2.05) is 17.9 Å². The topological polar surface area (TPSA) is 90.9 Å². The van der Waals surface area contributed by atoms with Gasteiger partial charge in [0.15, 0.2) is 5.84 Å². The van der Waals surface area contributed by atoms with Gasteiger partial charge in [-0.3, -0.25) is 4.79 Å². The first-order chi connectivity index (χ1) is 12.0. The monoisotopic (exact) mass is 364 g/mol. The summed E-state index contributed by atoms with van der Waals surface area (Å²) in [4.78, 5) is 14.5. The highest BCUT2D eigenvalue weighted by Crippen LogP contribution is 2.29. The molecule has 2 N–H and O–H groups in total. The molecule has 0 spiro atoms. The van der Waals surface area contributed by atoms with E-state index < -0.39 is 10.0 Å². The van der Waals surface area contributed by atoms with Crippen LogP contribution in [0.4, 0.5) is 0 Å². The maximum absolute atomic E-state index is 12.2. The lowest BCUT2D eigenvalue weighted by Crippen LogP contribution is -2.44. The zero-order valence-corrected chi connectivity index (χ0v) is 15.2. The molecule has 0 aromatic heterocycles. The van der Waals surface area contributed by atoms with Gasteiger partial charge in [0.2, 0.25) is 5.91 Å². The van der Waals surface area contributed by atoms with Gasteiger partial charge in [0.25, 0.3) is 10.0 Å². The molecule has 1 saturated heterocycles. The Morgan fingerprint density at radius 1 is 1.24 bits per heavy atom. The largest absolute Gasteiger partial charge is 0.355 e. The fraction of sp³-hybridized carbons (Fsp3) is 0.529. The van der Waals surface area contributed by atoms with Gasteiger partial charge in [-0.05, 0) is 31.5 Å². The number of benzene rings is 1. The molecule has 0 saturated carbocycles. The van der Waals surface area contributed by atoms with Gasteiger partial charge in [-0.25, -0.2) is 0 Å². The minimum absolute atomic E-state index is 0.0215. The van der Waals surface area contributed by atoms with E-state index >= 15 is 0 Å². The Morgan fingerprint density at radius 2 is 1.96 bits per heavy atom. The molecule has 25 heavy (non-hydrogen) atoms. The highest BCUT2D eigenvalue weighted by Gasteiger charge is 2.34. The Morgan fingerprint density at radius 3 is 2.68 bits per heavy atom. The molecule has 0 atom stereocenters. The molecule has 8 heteroatoms. The second kappa shape index (κ2) is 7.53.